The van der Waals surface area contributed by atoms with Gasteiger partial charge in [0, 0.05) is 90.0 Å². The Kier molecular flexibility index (Phi) is 21.5. The number of carbonyl (C=O) groups excluding carboxylic acids is 1. The Morgan fingerprint density at radius 2 is 0.955 bits per heavy atom. The number of anilines is 4. The van der Waals surface area contributed by atoms with Crippen molar-refractivity contribution < 1.29 is 52.6 Å². The number of morpholine rings is 6. The highest BCUT2D eigenvalue weighted by Gasteiger charge is 2.30. The topological polar surface area (TPSA) is 262 Å². The molecule has 6 saturated heterocycles. The smallest absolute Gasteiger partial charge is 0.339 e. The van der Waals surface area contributed by atoms with E-state index in [9.17, 15) is 14.7 Å². The monoisotopic (exact) mass is 1230 g/mol. The van der Waals surface area contributed by atoms with Crippen LogP contribution < -0.4 is 34.4 Å². The van der Waals surface area contributed by atoms with E-state index in [-0.39, 0.29) is 31.0 Å². The van der Waals surface area contributed by atoms with Crippen molar-refractivity contribution >= 4 is 69.3 Å². The minimum atomic E-state index is -1.06. The van der Waals surface area contributed by atoms with Gasteiger partial charge >= 0.3 is 5.97 Å². The van der Waals surface area contributed by atoms with Gasteiger partial charge in [-0.15, -0.1) is 0 Å². The highest BCUT2D eigenvalue weighted by atomic mass is 16.5. The number of methoxy groups -OCH3 is 2. The van der Waals surface area contributed by atoms with Crippen LogP contribution in [0.5, 0.6) is 11.5 Å². The number of aromatic carboxylic acids is 1. The molecule has 0 spiro atoms. The molecule has 2 N–H and O–H groups in total. The SMILES string of the molecule is C.CNC(=O)c1cc(-c2ccc3c(N4CCOC[C@@H]4C)nc(N4CCOCC4)nc3n2)ccc1OC.COc1ccc(-c2ccc3c(N4CCOC[C@@H]4C)nc(N4CCOCC4)nc3n2)cc1C(=O)O.C[C@H]1COCCN1C1=NC(N2CCOCC2)=NCC1. The number of carboxylic acid groups (broad SMARTS) is 1. The summed E-state index contributed by atoms with van der Waals surface area (Å²) in [6.45, 7) is 22.7. The van der Waals surface area contributed by atoms with E-state index in [0.29, 0.717) is 123 Å². The fourth-order valence-electron chi connectivity index (χ4n) is 11.5. The third-order valence-electron chi connectivity index (χ3n) is 16.4. The second-order valence-corrected chi connectivity index (χ2v) is 22.2. The Balaban J connectivity index is 0.000000153. The van der Waals surface area contributed by atoms with Crippen LogP contribution in [0.2, 0.25) is 0 Å². The number of carbonyl (C=O) groups is 2. The lowest BCUT2D eigenvalue weighted by Crippen LogP contribution is -2.49. The van der Waals surface area contributed by atoms with E-state index in [1.807, 2.05) is 30.3 Å². The molecule has 7 aliphatic rings. The zero-order valence-corrected chi connectivity index (χ0v) is 51.1. The van der Waals surface area contributed by atoms with Crippen molar-refractivity contribution in [1.82, 2.24) is 45.0 Å². The second kappa shape index (κ2) is 29.9. The van der Waals surface area contributed by atoms with Gasteiger partial charge in [-0.05, 0) is 81.4 Å². The van der Waals surface area contributed by atoms with Crippen molar-refractivity contribution in [2.24, 2.45) is 9.98 Å². The molecule has 0 radical (unpaired) electrons. The highest BCUT2D eigenvalue weighted by Crippen LogP contribution is 2.35. The van der Waals surface area contributed by atoms with Crippen molar-refractivity contribution in [3.8, 4) is 34.0 Å². The molecule has 0 bridgehead atoms. The van der Waals surface area contributed by atoms with Gasteiger partial charge in [0.05, 0.1) is 139 Å². The molecule has 6 fully saturated rings. The first kappa shape index (κ1) is 63.9. The maximum atomic E-state index is 12.4. The number of guanidine groups is 1. The summed E-state index contributed by atoms with van der Waals surface area (Å²) in [7, 11) is 4.60. The summed E-state index contributed by atoms with van der Waals surface area (Å²) < 4.78 is 43.7. The second-order valence-electron chi connectivity index (χ2n) is 22.2. The predicted octanol–water partition coefficient (Wildman–Crippen LogP) is 5.42. The average Bonchev–Trinajstić information content (AvgIpc) is 0.875. The number of ether oxygens (including phenoxy) is 8. The molecule has 7 aliphatic heterocycles. The number of aromatic nitrogens is 6. The Bertz CT molecular complexity index is 3490. The van der Waals surface area contributed by atoms with Crippen LogP contribution in [-0.4, -0.2) is 253 Å². The van der Waals surface area contributed by atoms with Gasteiger partial charge in [0.15, 0.2) is 11.3 Å². The highest BCUT2D eigenvalue weighted by molar-refractivity contribution is 5.99. The predicted molar refractivity (Wildman–Crippen MR) is 341 cm³/mol. The lowest BCUT2D eigenvalue weighted by molar-refractivity contribution is 0.0321. The summed E-state index contributed by atoms with van der Waals surface area (Å²) in [6.07, 6.45) is 0.943. The van der Waals surface area contributed by atoms with Crippen molar-refractivity contribution in [2.45, 2.75) is 52.7 Å². The van der Waals surface area contributed by atoms with Gasteiger partial charge in [-0.25, -0.2) is 19.8 Å². The molecule has 6 aromatic rings. The van der Waals surface area contributed by atoms with Gasteiger partial charge in [0.2, 0.25) is 17.9 Å². The van der Waals surface area contributed by atoms with Gasteiger partial charge in [-0.1, -0.05) is 7.43 Å². The first-order chi connectivity index (χ1) is 43.0. The number of pyridine rings is 2. The van der Waals surface area contributed by atoms with Crippen LogP contribution in [0.15, 0.2) is 70.6 Å². The molecule has 3 atom stereocenters. The number of hydrogen-bond acceptors (Lipinski definition) is 24. The Morgan fingerprint density at radius 3 is 1.39 bits per heavy atom. The maximum absolute atomic E-state index is 12.4. The number of carboxylic acids is 1. The lowest BCUT2D eigenvalue weighted by atomic mass is 10.1. The van der Waals surface area contributed by atoms with Crippen molar-refractivity contribution in [2.75, 3.05) is 186 Å². The molecule has 0 aliphatic carbocycles. The molecular formula is C63H83N15O11. The fourth-order valence-corrected chi connectivity index (χ4v) is 11.5. The first-order valence-corrected chi connectivity index (χ1v) is 30.3. The van der Waals surface area contributed by atoms with Crippen LogP contribution in [-0.2, 0) is 28.4 Å². The Morgan fingerprint density at radius 1 is 0.528 bits per heavy atom. The summed E-state index contributed by atoms with van der Waals surface area (Å²) in [4.78, 5) is 76.2. The number of nitrogens with one attached hydrogen (secondary N) is 1. The molecule has 26 nitrogen and oxygen atoms in total. The molecule has 13 rings (SSSR count). The summed E-state index contributed by atoms with van der Waals surface area (Å²) in [6, 6.07) is 19.1. The van der Waals surface area contributed by atoms with Crippen LogP contribution in [0.1, 0.15) is 55.3 Å². The van der Waals surface area contributed by atoms with Gasteiger partial charge in [0.25, 0.3) is 5.91 Å². The van der Waals surface area contributed by atoms with E-state index in [2.05, 4.69) is 60.5 Å². The third-order valence-corrected chi connectivity index (χ3v) is 16.4. The summed E-state index contributed by atoms with van der Waals surface area (Å²) in [5.74, 6) is 4.58. The van der Waals surface area contributed by atoms with Crippen LogP contribution in [0.4, 0.5) is 23.5 Å². The summed E-state index contributed by atoms with van der Waals surface area (Å²) >= 11 is 0. The quantitative estimate of drug-likeness (QED) is 0.174. The van der Waals surface area contributed by atoms with Crippen LogP contribution in [0.25, 0.3) is 44.6 Å². The normalized spacial score (nSPS) is 20.7. The minimum absolute atomic E-state index is 0. The van der Waals surface area contributed by atoms with Gasteiger partial charge in [-0.3, -0.25) is 9.79 Å². The number of amidine groups is 1. The molecule has 89 heavy (non-hydrogen) atoms. The lowest BCUT2D eigenvalue weighted by Gasteiger charge is -2.37. The molecular weight excluding hydrogens is 1140 g/mol. The van der Waals surface area contributed by atoms with Crippen LogP contribution in [0, 0.1) is 0 Å². The molecule has 2 aromatic carbocycles. The minimum Gasteiger partial charge on any atom is -0.496 e. The van der Waals surface area contributed by atoms with Gasteiger partial charge < -0.3 is 77.7 Å². The average molecular weight is 1230 g/mol. The van der Waals surface area contributed by atoms with E-state index in [4.69, 9.17) is 72.8 Å². The number of fused-ring (bicyclic) bond motifs is 2. The van der Waals surface area contributed by atoms with Gasteiger partial charge in [0.1, 0.15) is 34.5 Å². The third kappa shape index (κ3) is 14.8. The van der Waals surface area contributed by atoms with E-state index >= 15 is 0 Å². The van der Waals surface area contributed by atoms with E-state index < -0.39 is 5.97 Å². The van der Waals surface area contributed by atoms with Crippen molar-refractivity contribution in [3.63, 3.8) is 0 Å². The van der Waals surface area contributed by atoms with Crippen molar-refractivity contribution in [3.05, 3.63) is 71.8 Å². The largest absolute Gasteiger partial charge is 0.496 e. The number of amides is 1. The molecule has 476 valence electrons. The van der Waals surface area contributed by atoms with E-state index in [0.717, 1.165) is 125 Å². The first-order valence-electron chi connectivity index (χ1n) is 30.3. The van der Waals surface area contributed by atoms with E-state index in [1.54, 1.807) is 44.5 Å². The molecule has 26 heteroatoms. The fraction of sp³-hybridized carbons (Fsp3) is 0.524. The zero-order valence-electron chi connectivity index (χ0n) is 51.1. The van der Waals surface area contributed by atoms with Crippen LogP contribution in [0.3, 0.4) is 0 Å². The molecule has 1 amide bonds. The molecule has 11 heterocycles. The number of hydrogen-bond donors (Lipinski definition) is 2. The molecule has 0 unspecified atom stereocenters. The van der Waals surface area contributed by atoms with Gasteiger partial charge in [-0.2, -0.15) is 19.9 Å². The standard InChI is InChI=1S/C25H30N6O4.C24H27N5O5.C13H22N4O2.CH4/c1-16-15-35-13-10-31(16)23-18-5-6-20(17-4-7-21(33-3)19(14-17)24(32)26-2)27-22(18)28-25(29-23)30-8-11-34-12-9-30;1-15-14-34-12-9-29(15)22-17-4-5-19(16-3-6-20(32-2)18(13-16)23(30)31)25-21(17)26-24(27-22)28-7-10-33-11-8-28;1-11-10-19-9-6-17(11)12-2-3-14-13(15-12)16-4-7-18-8-5-16;/h4-7,14,16H,8-13,15H2,1-3H3,(H,26,32);3-6,13,15H,7-12,14H2,1-2H3,(H,30,31);11H,2-10H2,1H3;1H4/t16-;15-;11-;/m000./s1. The summed E-state index contributed by atoms with van der Waals surface area (Å²) in [5.41, 5.74) is 4.55. The van der Waals surface area contributed by atoms with Crippen molar-refractivity contribution in [1.29, 1.82) is 0 Å². The maximum Gasteiger partial charge on any atom is 0.339 e. The molecule has 0 saturated carbocycles. The Labute approximate surface area is 519 Å². The Hall–Kier alpha value is -8.14. The summed E-state index contributed by atoms with van der Waals surface area (Å²) in [5, 5.41) is 14.0. The molecule has 4 aromatic heterocycles. The zero-order chi connectivity index (χ0) is 61.1. The number of nitrogens with zero attached hydrogens (tertiary/aromatic N) is 14. The number of benzene rings is 2. The van der Waals surface area contributed by atoms with E-state index in [1.165, 1.54) is 12.9 Å². The van der Waals surface area contributed by atoms with Crippen LogP contribution >= 0.6 is 0 Å². The number of aliphatic imine (C=N–C) groups is 2. The number of rotatable bonds is 10.